The van der Waals surface area contributed by atoms with Crippen LogP contribution in [0.1, 0.15) is 32.6 Å². The highest BCUT2D eigenvalue weighted by atomic mass is 79.9. The molecule has 0 saturated carbocycles. The zero-order valence-corrected chi connectivity index (χ0v) is 12.9. The number of aromatic nitrogens is 1. The second-order valence-corrected chi connectivity index (χ2v) is 5.69. The first-order chi connectivity index (χ1) is 8.74. The van der Waals surface area contributed by atoms with E-state index < -0.39 is 0 Å². The summed E-state index contributed by atoms with van der Waals surface area (Å²) in [6.45, 7) is 2.31. The van der Waals surface area contributed by atoms with E-state index in [1.807, 2.05) is 19.1 Å². The van der Waals surface area contributed by atoms with Crippen molar-refractivity contribution >= 4 is 33.7 Å². The first-order valence-electron chi connectivity index (χ1n) is 6.13. The topological polar surface area (TPSA) is 39.2 Å². The molecule has 1 aromatic heterocycles. The highest BCUT2D eigenvalue weighted by Gasteiger charge is 2.02. The molecular weight excluding hydrogens is 314 g/mol. The van der Waals surface area contributed by atoms with Crippen LogP contribution >= 0.6 is 27.7 Å². The number of nitrogens with zero attached hydrogens (tertiary/aromatic N) is 1. The number of hydrogen-bond acceptors (Lipinski definition) is 4. The molecule has 0 amide bonds. The molecule has 18 heavy (non-hydrogen) atoms. The maximum atomic E-state index is 11.1. The van der Waals surface area contributed by atoms with Gasteiger partial charge in [-0.15, -0.1) is 11.8 Å². The lowest BCUT2D eigenvalue weighted by atomic mass is 10.2. The average Bonchev–Trinajstić information content (AvgIpc) is 2.36. The lowest BCUT2D eigenvalue weighted by Crippen LogP contribution is -2.03. The molecule has 1 rings (SSSR count). The van der Waals surface area contributed by atoms with Gasteiger partial charge in [-0.25, -0.2) is 4.98 Å². The van der Waals surface area contributed by atoms with Gasteiger partial charge in [-0.2, -0.15) is 0 Å². The molecule has 0 aliphatic carbocycles. The molecule has 0 atom stereocenters. The molecule has 0 aliphatic heterocycles. The van der Waals surface area contributed by atoms with E-state index in [0.717, 1.165) is 34.5 Å². The van der Waals surface area contributed by atoms with Gasteiger partial charge in [0.2, 0.25) is 0 Å². The van der Waals surface area contributed by atoms with Crippen LogP contribution in [-0.4, -0.2) is 23.3 Å². The van der Waals surface area contributed by atoms with Crippen molar-refractivity contribution in [3.8, 4) is 0 Å². The summed E-state index contributed by atoms with van der Waals surface area (Å²) < 4.78 is 5.92. The number of carbonyl (C=O) groups is 1. The molecule has 1 heterocycles. The van der Waals surface area contributed by atoms with Crippen LogP contribution in [-0.2, 0) is 9.53 Å². The van der Waals surface area contributed by atoms with Crippen LogP contribution in [0.25, 0.3) is 0 Å². The van der Waals surface area contributed by atoms with Gasteiger partial charge in [0.25, 0.3) is 0 Å². The number of esters is 1. The SMILES string of the molecule is CCOC(=O)CCCCCSc1ncccc1Br. The summed E-state index contributed by atoms with van der Waals surface area (Å²) in [5.41, 5.74) is 0. The lowest BCUT2D eigenvalue weighted by molar-refractivity contribution is -0.143. The van der Waals surface area contributed by atoms with Crippen LogP contribution in [0.2, 0.25) is 0 Å². The molecule has 0 bridgehead atoms. The van der Waals surface area contributed by atoms with Gasteiger partial charge in [0.05, 0.1) is 6.61 Å². The second kappa shape index (κ2) is 9.39. The van der Waals surface area contributed by atoms with Gasteiger partial charge in [0.15, 0.2) is 0 Å². The maximum absolute atomic E-state index is 11.1. The highest BCUT2D eigenvalue weighted by molar-refractivity contribution is 9.10. The summed E-state index contributed by atoms with van der Waals surface area (Å²) in [6.07, 6.45) is 5.38. The van der Waals surface area contributed by atoms with Crippen LogP contribution in [0.15, 0.2) is 27.8 Å². The van der Waals surface area contributed by atoms with Crippen molar-refractivity contribution in [3.05, 3.63) is 22.8 Å². The van der Waals surface area contributed by atoms with Crippen LogP contribution < -0.4 is 0 Å². The van der Waals surface area contributed by atoms with Gasteiger partial charge in [0, 0.05) is 17.1 Å². The third kappa shape index (κ3) is 6.40. The minimum atomic E-state index is -0.0855. The number of thioether (sulfide) groups is 1. The predicted octanol–water partition coefficient (Wildman–Crippen LogP) is 4.06. The van der Waals surface area contributed by atoms with Gasteiger partial charge < -0.3 is 4.74 Å². The zero-order chi connectivity index (χ0) is 13.2. The Bertz CT molecular complexity index is 374. The average molecular weight is 332 g/mol. The lowest BCUT2D eigenvalue weighted by Gasteiger charge is -2.03. The van der Waals surface area contributed by atoms with Crippen LogP contribution in [0, 0.1) is 0 Å². The molecule has 100 valence electrons. The number of rotatable bonds is 8. The smallest absolute Gasteiger partial charge is 0.305 e. The van der Waals surface area contributed by atoms with Crippen molar-refractivity contribution in [2.24, 2.45) is 0 Å². The quantitative estimate of drug-likeness (QED) is 0.409. The minimum absolute atomic E-state index is 0.0855. The van der Waals surface area contributed by atoms with Gasteiger partial charge in [-0.05, 0) is 53.6 Å². The summed E-state index contributed by atoms with van der Waals surface area (Å²) in [5, 5.41) is 1.03. The fourth-order valence-corrected chi connectivity index (χ4v) is 2.91. The Morgan fingerprint density at radius 3 is 3.00 bits per heavy atom. The molecule has 1 aromatic rings. The molecule has 5 heteroatoms. The monoisotopic (exact) mass is 331 g/mol. The van der Waals surface area contributed by atoms with E-state index in [1.54, 1.807) is 18.0 Å². The van der Waals surface area contributed by atoms with Crippen LogP contribution in [0.3, 0.4) is 0 Å². The first-order valence-corrected chi connectivity index (χ1v) is 7.91. The number of pyridine rings is 1. The van der Waals surface area contributed by atoms with E-state index in [9.17, 15) is 4.79 Å². The third-order valence-corrected chi connectivity index (χ3v) is 4.29. The molecule has 0 saturated heterocycles. The molecule has 0 aliphatic rings. The Kier molecular flexibility index (Phi) is 8.09. The Morgan fingerprint density at radius 1 is 1.44 bits per heavy atom. The Hall–Kier alpha value is -0.550. The number of halogens is 1. The first kappa shape index (κ1) is 15.5. The van der Waals surface area contributed by atoms with Crippen molar-refractivity contribution < 1.29 is 9.53 Å². The molecule has 0 radical (unpaired) electrons. The fraction of sp³-hybridized carbons (Fsp3) is 0.538. The van der Waals surface area contributed by atoms with Gasteiger partial charge >= 0.3 is 5.97 Å². The largest absolute Gasteiger partial charge is 0.466 e. The Morgan fingerprint density at radius 2 is 2.28 bits per heavy atom. The van der Waals surface area contributed by atoms with E-state index in [1.165, 1.54) is 0 Å². The van der Waals surface area contributed by atoms with E-state index in [0.29, 0.717) is 13.0 Å². The summed E-state index contributed by atoms with van der Waals surface area (Å²) >= 11 is 5.21. The number of carbonyl (C=O) groups excluding carboxylic acids is 1. The van der Waals surface area contributed by atoms with E-state index in [-0.39, 0.29) is 5.97 Å². The summed E-state index contributed by atoms with van der Waals surface area (Å²) in [4.78, 5) is 15.4. The fourth-order valence-electron chi connectivity index (χ4n) is 1.43. The summed E-state index contributed by atoms with van der Waals surface area (Å²) in [7, 11) is 0. The van der Waals surface area contributed by atoms with Crippen LogP contribution in [0.5, 0.6) is 0 Å². The van der Waals surface area contributed by atoms with E-state index in [4.69, 9.17) is 4.74 Å². The molecular formula is C13H18BrNO2S. The van der Waals surface area contributed by atoms with E-state index >= 15 is 0 Å². The van der Waals surface area contributed by atoms with Gasteiger partial charge in [-0.3, -0.25) is 4.79 Å². The van der Waals surface area contributed by atoms with Crippen molar-refractivity contribution in [1.29, 1.82) is 0 Å². The normalized spacial score (nSPS) is 10.3. The summed E-state index contributed by atoms with van der Waals surface area (Å²) in [6, 6.07) is 3.91. The number of unbranched alkanes of at least 4 members (excludes halogenated alkanes) is 2. The third-order valence-electron chi connectivity index (χ3n) is 2.29. The molecule has 0 fully saturated rings. The molecule has 3 nitrogen and oxygen atoms in total. The standard InChI is InChI=1S/C13H18BrNO2S/c1-2-17-12(16)8-4-3-5-10-18-13-11(14)7-6-9-15-13/h6-7,9H,2-5,8,10H2,1H3. The van der Waals surface area contributed by atoms with Crippen molar-refractivity contribution in [2.45, 2.75) is 37.6 Å². The summed E-state index contributed by atoms with van der Waals surface area (Å²) in [5.74, 6) is 0.941. The number of ether oxygens (including phenoxy) is 1. The maximum Gasteiger partial charge on any atom is 0.305 e. The van der Waals surface area contributed by atoms with Crippen molar-refractivity contribution in [3.63, 3.8) is 0 Å². The Labute approximate surface area is 121 Å². The number of hydrogen-bond donors (Lipinski definition) is 0. The molecule has 0 N–H and O–H groups in total. The van der Waals surface area contributed by atoms with Crippen LogP contribution in [0.4, 0.5) is 0 Å². The Balaban J connectivity index is 2.06. The minimum Gasteiger partial charge on any atom is -0.466 e. The molecule has 0 aromatic carbocycles. The molecule has 0 spiro atoms. The van der Waals surface area contributed by atoms with Gasteiger partial charge in [-0.1, -0.05) is 6.42 Å². The predicted molar refractivity (Wildman–Crippen MR) is 77.8 cm³/mol. The van der Waals surface area contributed by atoms with Crippen molar-refractivity contribution in [1.82, 2.24) is 4.98 Å². The van der Waals surface area contributed by atoms with E-state index in [2.05, 4.69) is 20.9 Å². The zero-order valence-electron chi connectivity index (χ0n) is 10.5. The van der Waals surface area contributed by atoms with Gasteiger partial charge in [0.1, 0.15) is 5.03 Å². The second-order valence-electron chi connectivity index (χ2n) is 3.75. The van der Waals surface area contributed by atoms with Crippen molar-refractivity contribution in [2.75, 3.05) is 12.4 Å². The molecule has 0 unspecified atom stereocenters. The highest BCUT2D eigenvalue weighted by Crippen LogP contribution is 2.25.